The topological polar surface area (TPSA) is 38.7 Å². The van der Waals surface area contributed by atoms with Gasteiger partial charge in [-0.1, -0.05) is 29.8 Å². The molecule has 1 atom stereocenters. The molecule has 0 radical (unpaired) electrons. The van der Waals surface area contributed by atoms with E-state index in [4.69, 9.17) is 21.1 Å². The summed E-state index contributed by atoms with van der Waals surface area (Å²) < 4.78 is 10.5. The van der Waals surface area contributed by atoms with Gasteiger partial charge in [0.15, 0.2) is 11.5 Å². The van der Waals surface area contributed by atoms with Crippen LogP contribution in [-0.2, 0) is 12.8 Å². The lowest BCUT2D eigenvalue weighted by Gasteiger charge is -2.13. The van der Waals surface area contributed by atoms with Crippen LogP contribution >= 0.6 is 11.6 Å². The Kier molecular flexibility index (Phi) is 5.48. The summed E-state index contributed by atoms with van der Waals surface area (Å²) in [6.07, 6.45) is 0.642. The number of aliphatic hydroxyl groups is 1. The van der Waals surface area contributed by atoms with E-state index in [1.807, 2.05) is 42.5 Å². The molecule has 2 rings (SSSR count). The van der Waals surface area contributed by atoms with E-state index in [1.165, 1.54) is 0 Å². The summed E-state index contributed by atoms with van der Waals surface area (Å²) in [5.74, 6) is 1.36. The summed E-state index contributed by atoms with van der Waals surface area (Å²) in [7, 11) is 3.20. The van der Waals surface area contributed by atoms with Gasteiger partial charge in [0.25, 0.3) is 0 Å². The van der Waals surface area contributed by atoms with Crippen LogP contribution in [0.3, 0.4) is 0 Å². The van der Waals surface area contributed by atoms with Crippen molar-refractivity contribution in [2.24, 2.45) is 0 Å². The zero-order chi connectivity index (χ0) is 15.2. The summed E-state index contributed by atoms with van der Waals surface area (Å²) in [5, 5.41) is 10.9. The van der Waals surface area contributed by atoms with Crippen LogP contribution in [0.1, 0.15) is 11.1 Å². The minimum absolute atomic E-state index is 0.471. The fraction of sp³-hybridized carbons (Fsp3) is 0.294. The molecule has 1 N–H and O–H groups in total. The molecule has 0 fully saturated rings. The third-order valence-electron chi connectivity index (χ3n) is 3.28. The van der Waals surface area contributed by atoms with Crippen LogP contribution in [0.25, 0.3) is 0 Å². The van der Waals surface area contributed by atoms with Crippen molar-refractivity contribution in [1.29, 1.82) is 0 Å². The average molecular weight is 307 g/mol. The van der Waals surface area contributed by atoms with E-state index < -0.39 is 6.10 Å². The van der Waals surface area contributed by atoms with Crippen molar-refractivity contribution < 1.29 is 14.6 Å². The van der Waals surface area contributed by atoms with Gasteiger partial charge >= 0.3 is 0 Å². The van der Waals surface area contributed by atoms with E-state index in [9.17, 15) is 5.11 Å². The van der Waals surface area contributed by atoms with Gasteiger partial charge in [-0.3, -0.25) is 0 Å². The fourth-order valence-corrected chi connectivity index (χ4v) is 2.50. The van der Waals surface area contributed by atoms with Gasteiger partial charge in [-0.05, 0) is 48.2 Å². The molecule has 0 aliphatic carbocycles. The Morgan fingerprint density at radius 3 is 2.24 bits per heavy atom. The van der Waals surface area contributed by atoms with Crippen LogP contribution in [0.5, 0.6) is 11.5 Å². The molecule has 0 spiro atoms. The Balaban J connectivity index is 2.04. The number of ether oxygens (including phenoxy) is 2. The Morgan fingerprint density at radius 1 is 0.952 bits per heavy atom. The highest BCUT2D eigenvalue weighted by molar-refractivity contribution is 6.30. The van der Waals surface area contributed by atoms with Crippen LogP contribution in [0.4, 0.5) is 0 Å². The van der Waals surface area contributed by atoms with Crippen LogP contribution in [0.2, 0.25) is 5.02 Å². The number of hydrogen-bond acceptors (Lipinski definition) is 3. The van der Waals surface area contributed by atoms with Crippen LogP contribution < -0.4 is 9.47 Å². The second-order valence-electron chi connectivity index (χ2n) is 4.88. The molecule has 0 saturated carbocycles. The number of benzene rings is 2. The third kappa shape index (κ3) is 4.38. The van der Waals surface area contributed by atoms with Gasteiger partial charge in [-0.2, -0.15) is 0 Å². The number of halogens is 1. The molecule has 0 aliphatic rings. The van der Waals surface area contributed by atoms with Crippen molar-refractivity contribution >= 4 is 11.6 Å². The molecule has 2 aromatic rings. The predicted octanol–water partition coefficient (Wildman–Crippen LogP) is 3.50. The van der Waals surface area contributed by atoms with E-state index in [2.05, 4.69) is 0 Å². The molecule has 3 nitrogen and oxygen atoms in total. The Hall–Kier alpha value is -1.71. The van der Waals surface area contributed by atoms with Gasteiger partial charge in [0.2, 0.25) is 0 Å². The quantitative estimate of drug-likeness (QED) is 0.887. The fourth-order valence-electron chi connectivity index (χ4n) is 2.29. The first-order valence-electron chi connectivity index (χ1n) is 6.75. The molecule has 0 aromatic heterocycles. The second-order valence-corrected chi connectivity index (χ2v) is 5.32. The van der Waals surface area contributed by atoms with E-state index in [0.717, 1.165) is 11.1 Å². The largest absolute Gasteiger partial charge is 0.493 e. The van der Waals surface area contributed by atoms with E-state index >= 15 is 0 Å². The Bertz CT molecular complexity index is 598. The lowest BCUT2D eigenvalue weighted by atomic mass is 10.0. The standard InChI is InChI=1S/C17H19ClO3/c1-20-16-7-6-13(11-17(16)21-2)10-15(19)9-12-4-3-5-14(18)8-12/h3-8,11,15,19H,9-10H2,1-2H3. The Labute approximate surface area is 130 Å². The average Bonchev–Trinajstić information content (AvgIpc) is 2.47. The number of methoxy groups -OCH3 is 2. The number of hydrogen-bond donors (Lipinski definition) is 1. The maximum atomic E-state index is 10.2. The van der Waals surface area contributed by atoms with Crippen molar-refractivity contribution in [3.8, 4) is 11.5 Å². The Morgan fingerprint density at radius 2 is 1.62 bits per heavy atom. The molecular formula is C17H19ClO3. The lowest BCUT2D eigenvalue weighted by Crippen LogP contribution is -2.14. The number of rotatable bonds is 6. The van der Waals surface area contributed by atoms with E-state index in [-0.39, 0.29) is 0 Å². The molecule has 0 bridgehead atoms. The predicted molar refractivity (Wildman–Crippen MR) is 84.4 cm³/mol. The van der Waals surface area contributed by atoms with Gasteiger partial charge in [0, 0.05) is 5.02 Å². The number of aliphatic hydroxyl groups excluding tert-OH is 1. The highest BCUT2D eigenvalue weighted by Crippen LogP contribution is 2.28. The van der Waals surface area contributed by atoms with Crippen molar-refractivity contribution in [2.45, 2.75) is 18.9 Å². The first-order valence-corrected chi connectivity index (χ1v) is 7.13. The first-order chi connectivity index (χ1) is 10.1. The summed E-state index contributed by atoms with van der Waals surface area (Å²) in [5.41, 5.74) is 2.03. The molecule has 0 aliphatic heterocycles. The molecule has 0 amide bonds. The van der Waals surface area contributed by atoms with E-state index in [1.54, 1.807) is 14.2 Å². The molecule has 0 saturated heterocycles. The van der Waals surface area contributed by atoms with Gasteiger partial charge in [-0.15, -0.1) is 0 Å². The maximum Gasteiger partial charge on any atom is 0.160 e. The molecule has 2 aromatic carbocycles. The highest BCUT2D eigenvalue weighted by Gasteiger charge is 2.10. The van der Waals surface area contributed by atoms with Gasteiger partial charge in [0.05, 0.1) is 20.3 Å². The molecule has 4 heteroatoms. The summed E-state index contributed by atoms with van der Waals surface area (Å²) >= 11 is 5.95. The molecule has 112 valence electrons. The summed E-state index contributed by atoms with van der Waals surface area (Å²) in [6.45, 7) is 0. The van der Waals surface area contributed by atoms with Gasteiger partial charge in [0.1, 0.15) is 0 Å². The minimum Gasteiger partial charge on any atom is -0.493 e. The maximum absolute atomic E-state index is 10.2. The molecular weight excluding hydrogens is 288 g/mol. The zero-order valence-corrected chi connectivity index (χ0v) is 12.9. The first kappa shape index (κ1) is 15.7. The highest BCUT2D eigenvalue weighted by atomic mass is 35.5. The second kappa shape index (κ2) is 7.34. The molecule has 0 heterocycles. The zero-order valence-electron chi connectivity index (χ0n) is 12.2. The van der Waals surface area contributed by atoms with Gasteiger partial charge < -0.3 is 14.6 Å². The molecule has 21 heavy (non-hydrogen) atoms. The van der Waals surface area contributed by atoms with Crippen molar-refractivity contribution in [3.05, 3.63) is 58.6 Å². The normalized spacial score (nSPS) is 12.0. The molecule has 1 unspecified atom stereocenters. The third-order valence-corrected chi connectivity index (χ3v) is 3.51. The van der Waals surface area contributed by atoms with Crippen molar-refractivity contribution in [3.63, 3.8) is 0 Å². The van der Waals surface area contributed by atoms with E-state index in [0.29, 0.717) is 29.4 Å². The minimum atomic E-state index is -0.471. The van der Waals surface area contributed by atoms with Crippen LogP contribution in [0.15, 0.2) is 42.5 Å². The van der Waals surface area contributed by atoms with Crippen molar-refractivity contribution in [2.75, 3.05) is 14.2 Å². The van der Waals surface area contributed by atoms with Gasteiger partial charge in [-0.25, -0.2) is 0 Å². The SMILES string of the molecule is COc1ccc(CC(O)Cc2cccc(Cl)c2)cc1OC. The monoisotopic (exact) mass is 306 g/mol. The van der Waals surface area contributed by atoms with Crippen molar-refractivity contribution in [1.82, 2.24) is 0 Å². The van der Waals surface area contributed by atoms with Crippen LogP contribution in [-0.4, -0.2) is 25.4 Å². The van der Waals surface area contributed by atoms with Crippen LogP contribution in [0, 0.1) is 0 Å². The summed E-state index contributed by atoms with van der Waals surface area (Å²) in [6, 6.07) is 13.2. The summed E-state index contributed by atoms with van der Waals surface area (Å²) in [4.78, 5) is 0. The smallest absolute Gasteiger partial charge is 0.160 e. The lowest BCUT2D eigenvalue weighted by molar-refractivity contribution is 0.175.